The summed E-state index contributed by atoms with van der Waals surface area (Å²) in [5.74, 6) is -0.480. The van der Waals surface area contributed by atoms with Gasteiger partial charge in [0, 0.05) is 0 Å². The largest absolute Gasteiger partial charge is 0.488 e. The van der Waals surface area contributed by atoms with E-state index in [2.05, 4.69) is 5.32 Å². The lowest BCUT2D eigenvalue weighted by molar-refractivity contribution is -0.121. The molecule has 1 fully saturated rings. The van der Waals surface area contributed by atoms with Crippen molar-refractivity contribution in [3.05, 3.63) is 58.9 Å². The maximum Gasteiger partial charge on any atom is 0.488 e. The van der Waals surface area contributed by atoms with Gasteiger partial charge in [-0.15, -0.1) is 0 Å². The number of nitrogens with one attached hydrogen (secondary N) is 1. The molecular weight excluding hydrogens is 344 g/mol. The van der Waals surface area contributed by atoms with Gasteiger partial charge in [-0.2, -0.15) is 0 Å². The van der Waals surface area contributed by atoms with Crippen LogP contribution in [-0.4, -0.2) is 23.1 Å². The monoisotopic (exact) mass is 367 g/mol. The topological polar surface area (TPSA) is 69.6 Å². The molecule has 2 aliphatic rings. The van der Waals surface area contributed by atoms with Gasteiger partial charge in [0.25, 0.3) is 0 Å². The summed E-state index contributed by atoms with van der Waals surface area (Å²) in [7, 11) is -1.56. The summed E-state index contributed by atoms with van der Waals surface area (Å²) in [6.07, 6.45) is 5.08. The summed E-state index contributed by atoms with van der Waals surface area (Å²) in [5, 5.41) is 21.6. The summed E-state index contributed by atoms with van der Waals surface area (Å²) in [5.41, 5.74) is 1.69. The Balaban J connectivity index is 1.93. The molecule has 1 heterocycles. The summed E-state index contributed by atoms with van der Waals surface area (Å²) in [4.78, 5) is 13.4. The van der Waals surface area contributed by atoms with Gasteiger partial charge in [-0.25, -0.2) is 4.39 Å². The molecule has 1 aliphatic heterocycles. The molecule has 0 saturated heterocycles. The van der Waals surface area contributed by atoms with Gasteiger partial charge < -0.3 is 15.4 Å². The average molecular weight is 367 g/mol. The predicted octanol–water partition coefficient (Wildman–Crippen LogP) is 2.63. The quantitative estimate of drug-likeness (QED) is 0.731. The highest BCUT2D eigenvalue weighted by molar-refractivity contribution is 6.58. The van der Waals surface area contributed by atoms with Crippen molar-refractivity contribution in [2.24, 2.45) is 5.92 Å². The standard InChI is InChI=1S/C21H23BFNO3/c1-13-7-12-17-19(18(13)23)24-20(25)21(17,14-5-3-2-4-6-14)15-8-10-16(11-9-15)22(26)27/h7-12,14,26-27H,2-6H2,1H3,(H,24,25). The summed E-state index contributed by atoms with van der Waals surface area (Å²) >= 11 is 0. The molecular formula is C21H23BFNO3. The van der Waals surface area contributed by atoms with Gasteiger partial charge in [0.05, 0.1) is 5.69 Å². The lowest BCUT2D eigenvalue weighted by Gasteiger charge is -2.39. The van der Waals surface area contributed by atoms with E-state index in [1.807, 2.05) is 6.07 Å². The molecule has 0 radical (unpaired) electrons. The fraction of sp³-hybridized carbons (Fsp3) is 0.381. The van der Waals surface area contributed by atoms with Crippen molar-refractivity contribution in [1.82, 2.24) is 0 Å². The van der Waals surface area contributed by atoms with Crippen LogP contribution in [0.5, 0.6) is 0 Å². The number of carbonyl (C=O) groups excluding carboxylic acids is 1. The zero-order chi connectivity index (χ0) is 19.2. The lowest BCUT2D eigenvalue weighted by Crippen LogP contribution is -2.44. The Morgan fingerprint density at radius 3 is 2.37 bits per heavy atom. The van der Waals surface area contributed by atoms with Crippen LogP contribution in [0.3, 0.4) is 0 Å². The van der Waals surface area contributed by atoms with E-state index in [0.29, 0.717) is 16.6 Å². The van der Waals surface area contributed by atoms with Crippen molar-refractivity contribution < 1.29 is 19.2 Å². The van der Waals surface area contributed by atoms with Crippen LogP contribution >= 0.6 is 0 Å². The van der Waals surface area contributed by atoms with E-state index in [0.717, 1.165) is 37.7 Å². The first-order chi connectivity index (χ1) is 13.0. The van der Waals surface area contributed by atoms with Crippen LogP contribution in [0.4, 0.5) is 10.1 Å². The number of amides is 1. The van der Waals surface area contributed by atoms with E-state index in [-0.39, 0.29) is 23.3 Å². The zero-order valence-electron chi connectivity index (χ0n) is 15.3. The Morgan fingerprint density at radius 2 is 1.74 bits per heavy atom. The highest BCUT2D eigenvalue weighted by atomic mass is 19.1. The molecule has 0 bridgehead atoms. The lowest BCUT2D eigenvalue weighted by atomic mass is 9.61. The van der Waals surface area contributed by atoms with Crippen molar-refractivity contribution >= 4 is 24.2 Å². The van der Waals surface area contributed by atoms with E-state index >= 15 is 0 Å². The Morgan fingerprint density at radius 1 is 1.07 bits per heavy atom. The molecule has 1 atom stereocenters. The number of hydrogen-bond acceptors (Lipinski definition) is 3. The highest BCUT2D eigenvalue weighted by Crippen LogP contribution is 2.52. The van der Waals surface area contributed by atoms with Crippen LogP contribution in [0.15, 0.2) is 36.4 Å². The predicted molar refractivity (Wildman–Crippen MR) is 103 cm³/mol. The molecule has 1 saturated carbocycles. The number of rotatable bonds is 3. The van der Waals surface area contributed by atoms with Crippen molar-refractivity contribution in [2.45, 2.75) is 44.4 Å². The Labute approximate surface area is 158 Å². The molecule has 0 spiro atoms. The molecule has 4 nitrogen and oxygen atoms in total. The van der Waals surface area contributed by atoms with Gasteiger partial charge >= 0.3 is 7.12 Å². The molecule has 27 heavy (non-hydrogen) atoms. The SMILES string of the molecule is Cc1ccc2c(c1F)NC(=O)C2(c1ccc(B(O)O)cc1)C1CCCCC1. The van der Waals surface area contributed by atoms with Crippen molar-refractivity contribution in [2.75, 3.05) is 5.32 Å². The van der Waals surface area contributed by atoms with Crippen LogP contribution in [0, 0.1) is 18.7 Å². The molecule has 3 N–H and O–H groups in total. The van der Waals surface area contributed by atoms with Crippen LogP contribution < -0.4 is 10.8 Å². The summed E-state index contributed by atoms with van der Waals surface area (Å²) in [6.45, 7) is 1.69. The maximum atomic E-state index is 14.8. The smallest absolute Gasteiger partial charge is 0.423 e. The minimum Gasteiger partial charge on any atom is -0.423 e. The van der Waals surface area contributed by atoms with Gasteiger partial charge in [-0.3, -0.25) is 4.79 Å². The van der Waals surface area contributed by atoms with Crippen LogP contribution in [0.25, 0.3) is 0 Å². The molecule has 4 rings (SSSR count). The molecule has 1 unspecified atom stereocenters. The van der Waals surface area contributed by atoms with Crippen molar-refractivity contribution in [3.63, 3.8) is 0 Å². The first-order valence-corrected chi connectivity index (χ1v) is 9.54. The number of halogens is 1. The molecule has 140 valence electrons. The van der Waals surface area contributed by atoms with Gasteiger partial charge in [0.2, 0.25) is 5.91 Å². The Bertz CT molecular complexity index is 878. The average Bonchev–Trinajstić information content (AvgIpc) is 2.99. The fourth-order valence-electron chi connectivity index (χ4n) is 4.85. The van der Waals surface area contributed by atoms with Gasteiger partial charge in [0.1, 0.15) is 11.2 Å². The number of aryl methyl sites for hydroxylation is 1. The second kappa shape index (κ2) is 6.77. The first-order valence-electron chi connectivity index (χ1n) is 9.54. The third kappa shape index (κ3) is 2.70. The zero-order valence-corrected chi connectivity index (χ0v) is 15.3. The number of fused-ring (bicyclic) bond motifs is 1. The normalized spacial score (nSPS) is 22.4. The van der Waals surface area contributed by atoms with Crippen LogP contribution in [-0.2, 0) is 10.2 Å². The fourth-order valence-corrected chi connectivity index (χ4v) is 4.85. The molecule has 1 aliphatic carbocycles. The minimum absolute atomic E-state index is 0.0829. The van der Waals surface area contributed by atoms with E-state index < -0.39 is 12.5 Å². The highest BCUT2D eigenvalue weighted by Gasteiger charge is 2.54. The van der Waals surface area contributed by atoms with Crippen LogP contribution in [0.2, 0.25) is 0 Å². The third-order valence-electron chi connectivity index (χ3n) is 6.24. The summed E-state index contributed by atoms with van der Waals surface area (Å²) < 4.78 is 14.8. The Hall–Kier alpha value is -2.18. The van der Waals surface area contributed by atoms with E-state index in [1.54, 1.807) is 37.3 Å². The number of carbonyl (C=O) groups is 1. The molecule has 6 heteroatoms. The first kappa shape index (κ1) is 18.2. The maximum absolute atomic E-state index is 14.8. The molecule has 0 aromatic heterocycles. The van der Waals surface area contributed by atoms with Crippen LogP contribution in [0.1, 0.15) is 48.8 Å². The van der Waals surface area contributed by atoms with Gasteiger partial charge in [-0.1, -0.05) is 55.7 Å². The number of benzene rings is 2. The van der Waals surface area contributed by atoms with Gasteiger partial charge in [-0.05, 0) is 47.8 Å². The van der Waals surface area contributed by atoms with E-state index in [1.165, 1.54) is 0 Å². The van der Waals surface area contributed by atoms with E-state index in [4.69, 9.17) is 0 Å². The van der Waals surface area contributed by atoms with Crippen molar-refractivity contribution in [1.29, 1.82) is 0 Å². The third-order valence-corrected chi connectivity index (χ3v) is 6.24. The van der Waals surface area contributed by atoms with Gasteiger partial charge in [0.15, 0.2) is 0 Å². The van der Waals surface area contributed by atoms with Crippen molar-refractivity contribution in [3.8, 4) is 0 Å². The molecule has 2 aromatic carbocycles. The van der Waals surface area contributed by atoms with E-state index in [9.17, 15) is 19.2 Å². The molecule has 1 amide bonds. The second-order valence-corrected chi connectivity index (χ2v) is 7.71. The second-order valence-electron chi connectivity index (χ2n) is 7.71. The number of hydrogen-bond donors (Lipinski definition) is 3. The Kier molecular flexibility index (Phi) is 4.56. The summed E-state index contributed by atoms with van der Waals surface area (Å²) in [6, 6.07) is 10.4. The minimum atomic E-state index is -1.56. The number of anilines is 1. The molecule has 2 aromatic rings.